The number of rotatable bonds is 7. The lowest BCUT2D eigenvalue weighted by Crippen LogP contribution is -2.25. The summed E-state index contributed by atoms with van der Waals surface area (Å²) in [6.45, 7) is 0.286. The fourth-order valence-corrected chi connectivity index (χ4v) is 1.61. The Bertz CT molecular complexity index is 530. The first-order chi connectivity index (χ1) is 9.43. The number of hydrogen-bond acceptors (Lipinski definition) is 5. The van der Waals surface area contributed by atoms with Crippen molar-refractivity contribution in [1.82, 2.24) is 5.32 Å². The summed E-state index contributed by atoms with van der Waals surface area (Å²) in [5.74, 6) is -1.40. The van der Waals surface area contributed by atoms with Crippen molar-refractivity contribution in [3.05, 3.63) is 33.9 Å². The Morgan fingerprint density at radius 1 is 1.35 bits per heavy atom. The highest BCUT2D eigenvalue weighted by molar-refractivity contribution is 6.00. The minimum atomic E-state index is -0.890. The quantitative estimate of drug-likeness (QED) is 0.297. The van der Waals surface area contributed by atoms with Crippen molar-refractivity contribution in [2.45, 2.75) is 19.3 Å². The Morgan fingerprint density at radius 2 is 2.05 bits per heavy atom. The number of anilines is 1. The zero-order valence-corrected chi connectivity index (χ0v) is 10.7. The number of para-hydroxylation sites is 1. The van der Waals surface area contributed by atoms with E-state index < -0.39 is 16.8 Å². The number of carboxylic acids is 1. The molecule has 0 aliphatic heterocycles. The number of carbonyl (C=O) groups is 2. The number of nitrogens with one attached hydrogen (secondary N) is 1. The number of hydrogen-bond donors (Lipinski definition) is 3. The van der Waals surface area contributed by atoms with Crippen LogP contribution in [0.1, 0.15) is 29.6 Å². The van der Waals surface area contributed by atoms with Crippen LogP contribution in [-0.4, -0.2) is 28.5 Å². The second kappa shape index (κ2) is 7.07. The largest absolute Gasteiger partial charge is 0.481 e. The molecule has 0 spiro atoms. The number of aliphatic carboxylic acids is 1. The van der Waals surface area contributed by atoms with Crippen LogP contribution in [0.4, 0.5) is 11.4 Å². The number of carbonyl (C=O) groups excluding carboxylic acids is 1. The van der Waals surface area contributed by atoms with Crippen molar-refractivity contribution in [2.24, 2.45) is 0 Å². The maximum absolute atomic E-state index is 11.8. The van der Waals surface area contributed by atoms with Crippen LogP contribution in [0.2, 0.25) is 0 Å². The Hall–Kier alpha value is -2.64. The number of unbranched alkanes of at least 4 members (excludes halogenated alkanes) is 1. The monoisotopic (exact) mass is 281 g/mol. The number of benzene rings is 1. The zero-order chi connectivity index (χ0) is 15.1. The van der Waals surface area contributed by atoms with Gasteiger partial charge in [0, 0.05) is 19.0 Å². The first kappa shape index (κ1) is 15.4. The molecule has 4 N–H and O–H groups in total. The number of amides is 1. The van der Waals surface area contributed by atoms with E-state index in [1.54, 1.807) is 0 Å². The van der Waals surface area contributed by atoms with E-state index in [4.69, 9.17) is 10.8 Å². The summed E-state index contributed by atoms with van der Waals surface area (Å²) in [7, 11) is 0. The summed E-state index contributed by atoms with van der Waals surface area (Å²) < 4.78 is 0. The second-order valence-electron chi connectivity index (χ2n) is 4.10. The van der Waals surface area contributed by atoms with E-state index in [9.17, 15) is 19.7 Å². The molecule has 1 aromatic carbocycles. The summed E-state index contributed by atoms with van der Waals surface area (Å²) in [4.78, 5) is 32.1. The topological polar surface area (TPSA) is 136 Å². The normalized spacial score (nSPS) is 10.0. The lowest BCUT2D eigenvalue weighted by Gasteiger charge is -2.07. The summed E-state index contributed by atoms with van der Waals surface area (Å²) in [5.41, 5.74) is 5.12. The fourth-order valence-electron chi connectivity index (χ4n) is 1.61. The average molecular weight is 281 g/mol. The molecule has 1 rings (SSSR count). The van der Waals surface area contributed by atoms with Crippen LogP contribution in [0.15, 0.2) is 18.2 Å². The summed E-state index contributed by atoms with van der Waals surface area (Å²) in [6, 6.07) is 4.00. The van der Waals surface area contributed by atoms with Gasteiger partial charge in [-0.3, -0.25) is 19.7 Å². The van der Waals surface area contributed by atoms with Gasteiger partial charge in [-0.15, -0.1) is 0 Å². The van der Waals surface area contributed by atoms with Crippen molar-refractivity contribution in [3.8, 4) is 0 Å². The molecule has 0 aliphatic carbocycles. The van der Waals surface area contributed by atoms with Gasteiger partial charge in [0.1, 0.15) is 5.69 Å². The maximum atomic E-state index is 11.8. The molecule has 8 nitrogen and oxygen atoms in total. The first-order valence-electron chi connectivity index (χ1n) is 5.96. The fraction of sp³-hybridized carbons (Fsp3) is 0.333. The standard InChI is InChI=1S/C12H15N3O5/c13-11-8(4-3-5-9(11)15(19)20)12(18)14-7-2-1-6-10(16)17/h3-5H,1-2,6-7,13H2,(H,14,18)(H,16,17). The Labute approximate surface area is 114 Å². The van der Waals surface area contributed by atoms with Crippen LogP contribution in [0.25, 0.3) is 0 Å². The van der Waals surface area contributed by atoms with Gasteiger partial charge in [-0.1, -0.05) is 6.07 Å². The van der Waals surface area contributed by atoms with Crippen molar-refractivity contribution < 1.29 is 19.6 Å². The van der Waals surface area contributed by atoms with E-state index in [0.29, 0.717) is 12.8 Å². The number of nitro groups is 1. The Kier molecular flexibility index (Phi) is 5.45. The van der Waals surface area contributed by atoms with Crippen molar-refractivity contribution in [3.63, 3.8) is 0 Å². The third-order valence-corrected chi connectivity index (χ3v) is 2.63. The van der Waals surface area contributed by atoms with E-state index in [2.05, 4.69) is 5.32 Å². The van der Waals surface area contributed by atoms with Crippen molar-refractivity contribution >= 4 is 23.3 Å². The first-order valence-corrected chi connectivity index (χ1v) is 5.96. The van der Waals surface area contributed by atoms with Gasteiger partial charge in [-0.25, -0.2) is 0 Å². The van der Waals surface area contributed by atoms with Crippen LogP contribution in [0, 0.1) is 10.1 Å². The molecule has 0 saturated heterocycles. The highest BCUT2D eigenvalue weighted by Crippen LogP contribution is 2.24. The number of carboxylic acid groups (broad SMARTS) is 1. The predicted octanol–water partition coefficient (Wildman–Crippen LogP) is 1.16. The van der Waals surface area contributed by atoms with Gasteiger partial charge in [-0.05, 0) is 18.9 Å². The van der Waals surface area contributed by atoms with Crippen LogP contribution in [0.5, 0.6) is 0 Å². The van der Waals surface area contributed by atoms with E-state index in [1.807, 2.05) is 0 Å². The molecule has 0 atom stereocenters. The minimum absolute atomic E-state index is 0.0365. The molecule has 8 heteroatoms. The summed E-state index contributed by atoms with van der Waals surface area (Å²) >= 11 is 0. The minimum Gasteiger partial charge on any atom is -0.481 e. The lowest BCUT2D eigenvalue weighted by atomic mass is 10.1. The molecule has 0 aromatic heterocycles. The molecule has 20 heavy (non-hydrogen) atoms. The van der Waals surface area contributed by atoms with E-state index >= 15 is 0 Å². The third kappa shape index (κ3) is 4.23. The molecule has 1 aromatic rings. The van der Waals surface area contributed by atoms with Crippen LogP contribution in [-0.2, 0) is 4.79 Å². The lowest BCUT2D eigenvalue weighted by molar-refractivity contribution is -0.383. The number of nitrogens with two attached hydrogens (primary N) is 1. The van der Waals surface area contributed by atoms with Crippen molar-refractivity contribution in [1.29, 1.82) is 0 Å². The van der Waals surface area contributed by atoms with Gasteiger partial charge in [0.05, 0.1) is 10.5 Å². The third-order valence-electron chi connectivity index (χ3n) is 2.63. The van der Waals surface area contributed by atoms with Crippen LogP contribution >= 0.6 is 0 Å². The van der Waals surface area contributed by atoms with Crippen LogP contribution in [0.3, 0.4) is 0 Å². The Balaban J connectivity index is 2.58. The summed E-state index contributed by atoms with van der Waals surface area (Å²) in [5, 5.41) is 21.7. The molecule has 0 bridgehead atoms. The van der Waals surface area contributed by atoms with Gasteiger partial charge < -0.3 is 16.2 Å². The maximum Gasteiger partial charge on any atom is 0.303 e. The molecule has 0 saturated carbocycles. The van der Waals surface area contributed by atoms with Gasteiger partial charge in [0.15, 0.2) is 0 Å². The molecular weight excluding hydrogens is 266 g/mol. The van der Waals surface area contributed by atoms with E-state index in [0.717, 1.165) is 0 Å². The van der Waals surface area contributed by atoms with Crippen LogP contribution < -0.4 is 11.1 Å². The molecular formula is C12H15N3O5. The number of nitrogen functional groups attached to an aromatic ring is 1. The molecule has 108 valence electrons. The van der Waals surface area contributed by atoms with Gasteiger partial charge in [0.25, 0.3) is 11.6 Å². The van der Waals surface area contributed by atoms with E-state index in [1.165, 1.54) is 18.2 Å². The molecule has 0 heterocycles. The van der Waals surface area contributed by atoms with Gasteiger partial charge in [-0.2, -0.15) is 0 Å². The zero-order valence-electron chi connectivity index (χ0n) is 10.7. The SMILES string of the molecule is Nc1c(C(=O)NCCCCC(=O)O)cccc1[N+](=O)[O-]. The highest BCUT2D eigenvalue weighted by atomic mass is 16.6. The number of nitro benzene ring substituents is 1. The molecule has 0 fully saturated rings. The van der Waals surface area contributed by atoms with E-state index in [-0.39, 0.29) is 29.9 Å². The van der Waals surface area contributed by atoms with Gasteiger partial charge >= 0.3 is 5.97 Å². The van der Waals surface area contributed by atoms with Crippen molar-refractivity contribution in [2.75, 3.05) is 12.3 Å². The summed E-state index contributed by atoms with van der Waals surface area (Å²) in [6.07, 6.45) is 0.988. The molecule has 0 aliphatic rings. The average Bonchev–Trinajstić information content (AvgIpc) is 2.37. The highest BCUT2D eigenvalue weighted by Gasteiger charge is 2.18. The second-order valence-corrected chi connectivity index (χ2v) is 4.10. The molecule has 0 radical (unpaired) electrons. The van der Waals surface area contributed by atoms with Gasteiger partial charge in [0.2, 0.25) is 0 Å². The smallest absolute Gasteiger partial charge is 0.303 e. The number of nitrogens with zero attached hydrogens (tertiary/aromatic N) is 1. The molecule has 1 amide bonds. The Morgan fingerprint density at radius 3 is 2.65 bits per heavy atom. The predicted molar refractivity (Wildman–Crippen MR) is 71.3 cm³/mol. The molecule has 0 unspecified atom stereocenters.